The van der Waals surface area contributed by atoms with Gasteiger partial charge in [0.25, 0.3) is 0 Å². The summed E-state index contributed by atoms with van der Waals surface area (Å²) >= 11 is 0. The Morgan fingerprint density at radius 3 is 2.88 bits per heavy atom. The minimum absolute atomic E-state index is 0.00345. The van der Waals surface area contributed by atoms with Crippen LogP contribution in [0.15, 0.2) is 24.3 Å². The Balaban J connectivity index is 1.53. The highest BCUT2D eigenvalue weighted by atomic mass is 16.5. The van der Waals surface area contributed by atoms with Crippen molar-refractivity contribution < 1.29 is 9.53 Å². The molecule has 2 fully saturated rings. The van der Waals surface area contributed by atoms with E-state index in [2.05, 4.69) is 22.3 Å². The first kappa shape index (κ1) is 17.2. The second kappa shape index (κ2) is 8.49. The van der Waals surface area contributed by atoms with Crippen molar-refractivity contribution >= 4 is 11.7 Å². The third kappa shape index (κ3) is 4.71. The summed E-state index contributed by atoms with van der Waals surface area (Å²) in [6.45, 7) is 5.68. The third-order valence-electron chi connectivity index (χ3n) is 5.01. The van der Waals surface area contributed by atoms with Gasteiger partial charge in [-0.25, -0.2) is 4.79 Å². The van der Waals surface area contributed by atoms with Crippen LogP contribution in [0.1, 0.15) is 31.2 Å². The van der Waals surface area contributed by atoms with E-state index >= 15 is 0 Å². The number of carbonyl (C=O) groups is 1. The molecule has 2 amide bonds. The van der Waals surface area contributed by atoms with Crippen molar-refractivity contribution in [3.8, 4) is 0 Å². The molecule has 3 rings (SSSR count). The predicted octanol–water partition coefficient (Wildman–Crippen LogP) is 3.17. The molecule has 0 unspecified atom stereocenters. The Morgan fingerprint density at radius 2 is 2.08 bits per heavy atom. The van der Waals surface area contributed by atoms with Crippen LogP contribution in [0.5, 0.6) is 0 Å². The van der Waals surface area contributed by atoms with E-state index in [-0.39, 0.29) is 6.03 Å². The van der Waals surface area contributed by atoms with E-state index < -0.39 is 0 Å². The molecule has 0 saturated carbocycles. The summed E-state index contributed by atoms with van der Waals surface area (Å²) in [4.78, 5) is 16.8. The highest BCUT2D eigenvalue weighted by Gasteiger charge is 2.26. The number of amides is 2. The average molecular weight is 331 g/mol. The van der Waals surface area contributed by atoms with Crippen LogP contribution in [-0.2, 0) is 11.3 Å². The zero-order valence-electron chi connectivity index (χ0n) is 14.7. The minimum Gasteiger partial charge on any atom is -0.384 e. The smallest absolute Gasteiger partial charge is 0.321 e. The molecule has 0 bridgehead atoms. The van der Waals surface area contributed by atoms with Crippen molar-refractivity contribution in [2.75, 3.05) is 45.2 Å². The molecule has 24 heavy (non-hydrogen) atoms. The van der Waals surface area contributed by atoms with Crippen LogP contribution in [0.25, 0.3) is 0 Å². The molecule has 0 aromatic heterocycles. The molecule has 0 aliphatic carbocycles. The van der Waals surface area contributed by atoms with Crippen LogP contribution >= 0.6 is 0 Å². The number of carbonyl (C=O) groups excluding carboxylic acids is 1. The van der Waals surface area contributed by atoms with Crippen LogP contribution in [0.3, 0.4) is 0 Å². The quantitative estimate of drug-likeness (QED) is 0.901. The molecule has 132 valence electrons. The molecule has 0 radical (unpaired) electrons. The highest BCUT2D eigenvalue weighted by molar-refractivity contribution is 5.89. The van der Waals surface area contributed by atoms with Crippen LogP contribution in [0.4, 0.5) is 10.5 Å². The maximum Gasteiger partial charge on any atom is 0.321 e. The van der Waals surface area contributed by atoms with Crippen LogP contribution < -0.4 is 5.32 Å². The molecule has 0 spiro atoms. The molecule has 2 aliphatic heterocycles. The number of urea groups is 1. The molecule has 1 N–H and O–H groups in total. The Hall–Kier alpha value is -1.59. The number of rotatable bonds is 5. The summed E-state index contributed by atoms with van der Waals surface area (Å²) < 4.78 is 5.20. The fourth-order valence-corrected chi connectivity index (χ4v) is 3.71. The largest absolute Gasteiger partial charge is 0.384 e. The lowest BCUT2D eigenvalue weighted by Crippen LogP contribution is -2.33. The normalized spacial score (nSPS) is 21.9. The Bertz CT molecular complexity index is 543. The van der Waals surface area contributed by atoms with Gasteiger partial charge in [0, 0.05) is 38.3 Å². The second-order valence-corrected chi connectivity index (χ2v) is 7.02. The van der Waals surface area contributed by atoms with E-state index in [1.54, 1.807) is 7.11 Å². The van der Waals surface area contributed by atoms with Gasteiger partial charge in [-0.15, -0.1) is 0 Å². The molecular weight excluding hydrogens is 302 g/mol. The maximum atomic E-state index is 12.4. The molecule has 2 aliphatic rings. The summed E-state index contributed by atoms with van der Waals surface area (Å²) in [5.74, 6) is 0.464. The summed E-state index contributed by atoms with van der Waals surface area (Å²) in [6, 6.07) is 8.26. The molecule has 5 nitrogen and oxygen atoms in total. The number of benzene rings is 1. The SMILES string of the molecule is COC[C@H]1CCN(C(=O)Nc2cccc(CN3CCCCC3)c2)C1. The van der Waals surface area contributed by atoms with Crippen molar-refractivity contribution in [3.05, 3.63) is 29.8 Å². The van der Waals surface area contributed by atoms with Crippen molar-refractivity contribution in [1.29, 1.82) is 0 Å². The van der Waals surface area contributed by atoms with Gasteiger partial charge in [0.05, 0.1) is 6.61 Å². The van der Waals surface area contributed by atoms with E-state index in [1.807, 2.05) is 17.0 Å². The number of anilines is 1. The number of likely N-dealkylation sites (tertiary alicyclic amines) is 2. The van der Waals surface area contributed by atoms with E-state index in [9.17, 15) is 4.79 Å². The predicted molar refractivity (Wildman–Crippen MR) is 96.1 cm³/mol. The zero-order valence-corrected chi connectivity index (χ0v) is 14.7. The number of hydrogen-bond donors (Lipinski definition) is 1. The zero-order chi connectivity index (χ0) is 16.8. The number of ether oxygens (including phenoxy) is 1. The molecule has 2 saturated heterocycles. The number of nitrogens with one attached hydrogen (secondary N) is 1. The fourth-order valence-electron chi connectivity index (χ4n) is 3.71. The van der Waals surface area contributed by atoms with E-state index in [1.165, 1.54) is 37.9 Å². The van der Waals surface area contributed by atoms with Crippen molar-refractivity contribution in [2.45, 2.75) is 32.2 Å². The van der Waals surface area contributed by atoms with Crippen molar-refractivity contribution in [3.63, 3.8) is 0 Å². The lowest BCUT2D eigenvalue weighted by Gasteiger charge is -2.26. The first-order chi connectivity index (χ1) is 11.7. The number of piperidine rings is 1. The van der Waals surface area contributed by atoms with Gasteiger partial charge < -0.3 is 15.0 Å². The summed E-state index contributed by atoms with van der Waals surface area (Å²) in [6.07, 6.45) is 4.98. The Labute approximate surface area is 145 Å². The van der Waals surface area contributed by atoms with E-state index in [0.717, 1.165) is 38.3 Å². The minimum atomic E-state index is 0.00345. The third-order valence-corrected chi connectivity index (χ3v) is 5.01. The fraction of sp³-hybridized carbons (Fsp3) is 0.632. The standard InChI is InChI=1S/C19H29N3O2/c1-24-15-17-8-11-22(14-17)19(23)20-18-7-5-6-16(12-18)13-21-9-3-2-4-10-21/h5-7,12,17H,2-4,8-11,13-15H2,1H3,(H,20,23)/t17-/m0/s1. The average Bonchev–Trinajstić information content (AvgIpc) is 3.05. The van der Waals surface area contributed by atoms with Crippen LogP contribution in [-0.4, -0.2) is 55.7 Å². The second-order valence-electron chi connectivity index (χ2n) is 7.02. The first-order valence-corrected chi connectivity index (χ1v) is 9.11. The number of hydrogen-bond acceptors (Lipinski definition) is 3. The van der Waals surface area contributed by atoms with Gasteiger partial charge in [0.2, 0.25) is 0 Å². The lowest BCUT2D eigenvalue weighted by molar-refractivity contribution is 0.154. The van der Waals surface area contributed by atoms with Gasteiger partial charge in [0.15, 0.2) is 0 Å². The maximum absolute atomic E-state index is 12.4. The summed E-state index contributed by atoms with van der Waals surface area (Å²) in [5.41, 5.74) is 2.16. The van der Waals surface area contributed by atoms with Gasteiger partial charge >= 0.3 is 6.03 Å². The Morgan fingerprint density at radius 1 is 1.25 bits per heavy atom. The lowest BCUT2D eigenvalue weighted by atomic mass is 10.1. The monoisotopic (exact) mass is 331 g/mol. The number of nitrogens with zero attached hydrogens (tertiary/aromatic N) is 2. The molecule has 2 heterocycles. The summed E-state index contributed by atoms with van der Waals surface area (Å²) in [5, 5.41) is 3.05. The van der Waals surface area contributed by atoms with E-state index in [0.29, 0.717) is 5.92 Å². The Kier molecular flexibility index (Phi) is 6.10. The van der Waals surface area contributed by atoms with Crippen LogP contribution in [0.2, 0.25) is 0 Å². The molecule has 1 aromatic rings. The number of methoxy groups -OCH3 is 1. The van der Waals surface area contributed by atoms with Gasteiger partial charge in [-0.3, -0.25) is 4.90 Å². The van der Waals surface area contributed by atoms with Gasteiger partial charge in [0.1, 0.15) is 0 Å². The van der Waals surface area contributed by atoms with Gasteiger partial charge in [-0.2, -0.15) is 0 Å². The molecular formula is C19H29N3O2. The summed E-state index contributed by atoms with van der Waals surface area (Å²) in [7, 11) is 1.72. The highest BCUT2D eigenvalue weighted by Crippen LogP contribution is 2.19. The van der Waals surface area contributed by atoms with Crippen molar-refractivity contribution in [2.24, 2.45) is 5.92 Å². The van der Waals surface area contributed by atoms with Gasteiger partial charge in [-0.05, 0) is 50.0 Å². The molecule has 1 aromatic carbocycles. The van der Waals surface area contributed by atoms with Gasteiger partial charge in [-0.1, -0.05) is 18.6 Å². The van der Waals surface area contributed by atoms with Crippen molar-refractivity contribution in [1.82, 2.24) is 9.80 Å². The molecule has 1 atom stereocenters. The first-order valence-electron chi connectivity index (χ1n) is 9.11. The topological polar surface area (TPSA) is 44.8 Å². The molecule has 5 heteroatoms. The van der Waals surface area contributed by atoms with E-state index in [4.69, 9.17) is 4.74 Å². The van der Waals surface area contributed by atoms with Crippen LogP contribution in [0, 0.1) is 5.92 Å².